The van der Waals surface area contributed by atoms with Crippen molar-refractivity contribution in [1.29, 1.82) is 0 Å². The molecule has 0 amide bonds. The molecule has 4 nitrogen and oxygen atoms in total. The maximum Gasteiger partial charge on any atom is 0.0471 e. The van der Waals surface area contributed by atoms with Crippen molar-refractivity contribution in [3.05, 3.63) is 182 Å². The third kappa shape index (κ3) is 6.15. The van der Waals surface area contributed by atoms with Crippen LogP contribution in [0.3, 0.4) is 0 Å². The minimum Gasteiger partial charge on any atom is -0.356 e. The van der Waals surface area contributed by atoms with Crippen LogP contribution in [0.2, 0.25) is 0 Å². The van der Waals surface area contributed by atoms with Crippen molar-refractivity contribution in [2.75, 3.05) is 21.3 Å². The Morgan fingerprint density at radius 2 is 0.562 bits per heavy atom. The van der Waals surface area contributed by atoms with Crippen molar-refractivity contribution < 1.29 is 0 Å². The zero-order valence-corrected chi connectivity index (χ0v) is 26.3. The second-order valence-electron chi connectivity index (χ2n) is 11.8. The van der Waals surface area contributed by atoms with Gasteiger partial charge < -0.3 is 21.3 Å². The van der Waals surface area contributed by atoms with E-state index in [2.05, 4.69) is 179 Å². The number of hydrogen-bond acceptors (Lipinski definition) is 4. The predicted octanol–water partition coefficient (Wildman–Crippen LogP) is 12.6. The summed E-state index contributed by atoms with van der Waals surface area (Å²) >= 11 is 0. The summed E-state index contributed by atoms with van der Waals surface area (Å²) < 4.78 is 0. The van der Waals surface area contributed by atoms with Crippen LogP contribution in [0.5, 0.6) is 0 Å². The molecule has 8 aromatic carbocycles. The molecule has 0 radical (unpaired) electrons. The Hall–Kier alpha value is -6.52. The Morgan fingerprint density at radius 1 is 0.250 bits per heavy atom. The van der Waals surface area contributed by atoms with Gasteiger partial charge in [-0.25, -0.2) is 0 Å². The van der Waals surface area contributed by atoms with Crippen LogP contribution in [0.1, 0.15) is 0 Å². The van der Waals surface area contributed by atoms with Crippen molar-refractivity contribution in [3.8, 4) is 11.1 Å². The first-order chi connectivity index (χ1) is 23.8. The molecule has 0 aliphatic carbocycles. The Kier molecular flexibility index (Phi) is 7.87. The molecule has 0 bridgehead atoms. The van der Waals surface area contributed by atoms with Crippen LogP contribution in [0.25, 0.3) is 32.7 Å². The molecule has 8 aromatic rings. The molecule has 0 atom stereocenters. The van der Waals surface area contributed by atoms with Crippen LogP contribution in [0.4, 0.5) is 45.5 Å². The minimum atomic E-state index is 1.02. The largest absolute Gasteiger partial charge is 0.356 e. The SMILES string of the molecule is c1ccc(Nc2ccc3ccc(Nc4ccccc4)c(-c4c(Nc5ccccc5)ccc5ccc(Nc6ccccc6)cc45)c3c2)cc1. The molecule has 0 unspecified atom stereocenters. The van der Waals surface area contributed by atoms with Crippen molar-refractivity contribution in [3.63, 3.8) is 0 Å². The first-order valence-electron chi connectivity index (χ1n) is 16.2. The topological polar surface area (TPSA) is 48.1 Å². The summed E-state index contributed by atoms with van der Waals surface area (Å²) in [6, 6.07) is 63.4. The van der Waals surface area contributed by atoms with E-state index in [4.69, 9.17) is 0 Å². The van der Waals surface area contributed by atoms with Crippen molar-refractivity contribution in [2.24, 2.45) is 0 Å². The number of fused-ring (bicyclic) bond motifs is 2. The van der Waals surface area contributed by atoms with E-state index >= 15 is 0 Å². The lowest BCUT2D eigenvalue weighted by Crippen LogP contribution is -2.00. The predicted molar refractivity (Wildman–Crippen MR) is 206 cm³/mol. The fourth-order valence-electron chi connectivity index (χ4n) is 6.27. The maximum absolute atomic E-state index is 3.78. The zero-order chi connectivity index (χ0) is 32.1. The number of anilines is 8. The molecule has 4 N–H and O–H groups in total. The van der Waals surface area contributed by atoms with Gasteiger partial charge in [0.15, 0.2) is 0 Å². The van der Waals surface area contributed by atoms with Crippen LogP contribution < -0.4 is 21.3 Å². The van der Waals surface area contributed by atoms with E-state index in [9.17, 15) is 0 Å². The standard InChI is InChI=1S/C44H34N4/c1-5-13-33(14-6-1)45-37-25-21-31-23-27-41(47-35-17-9-3-10-18-35)43(39(31)29-37)44-40-30-38(46-34-15-7-2-8-16-34)26-22-32(40)24-28-42(44)48-36-19-11-4-12-20-36/h1-30,45-48H. The third-order valence-corrected chi connectivity index (χ3v) is 8.52. The Balaban J connectivity index is 1.39. The van der Waals surface area contributed by atoms with E-state index in [1.807, 2.05) is 24.3 Å². The second-order valence-corrected chi connectivity index (χ2v) is 11.8. The summed E-state index contributed by atoms with van der Waals surface area (Å²) in [6.07, 6.45) is 0. The van der Waals surface area contributed by atoms with Gasteiger partial charge >= 0.3 is 0 Å². The van der Waals surface area contributed by atoms with E-state index < -0.39 is 0 Å². The van der Waals surface area contributed by atoms with E-state index in [0.717, 1.165) is 78.2 Å². The van der Waals surface area contributed by atoms with Gasteiger partial charge in [0, 0.05) is 56.6 Å². The molecule has 48 heavy (non-hydrogen) atoms. The number of hydrogen-bond donors (Lipinski definition) is 4. The Labute approximate surface area is 280 Å². The molecule has 0 aromatic heterocycles. The number of nitrogens with one attached hydrogen (secondary N) is 4. The fourth-order valence-corrected chi connectivity index (χ4v) is 6.27. The van der Waals surface area contributed by atoms with Gasteiger partial charge in [0.2, 0.25) is 0 Å². The van der Waals surface area contributed by atoms with Crippen LogP contribution in [-0.2, 0) is 0 Å². The van der Waals surface area contributed by atoms with Crippen LogP contribution in [0.15, 0.2) is 182 Å². The van der Waals surface area contributed by atoms with Gasteiger partial charge in [-0.05, 0) is 106 Å². The van der Waals surface area contributed by atoms with Crippen LogP contribution in [-0.4, -0.2) is 0 Å². The van der Waals surface area contributed by atoms with Crippen molar-refractivity contribution in [1.82, 2.24) is 0 Å². The van der Waals surface area contributed by atoms with Crippen LogP contribution in [0, 0.1) is 0 Å². The zero-order valence-electron chi connectivity index (χ0n) is 26.3. The van der Waals surface area contributed by atoms with E-state index in [-0.39, 0.29) is 0 Å². The molecule has 230 valence electrons. The third-order valence-electron chi connectivity index (χ3n) is 8.52. The van der Waals surface area contributed by atoms with E-state index in [0.29, 0.717) is 0 Å². The first-order valence-corrected chi connectivity index (χ1v) is 16.2. The molecule has 8 rings (SSSR count). The number of benzene rings is 8. The summed E-state index contributed by atoms with van der Waals surface area (Å²) in [4.78, 5) is 0. The van der Waals surface area contributed by atoms with Gasteiger partial charge in [0.1, 0.15) is 0 Å². The average Bonchev–Trinajstić information content (AvgIpc) is 3.13. The maximum atomic E-state index is 3.78. The normalized spacial score (nSPS) is 10.9. The lowest BCUT2D eigenvalue weighted by molar-refractivity contribution is 1.53. The molecule has 0 saturated carbocycles. The molecular weight excluding hydrogens is 585 g/mol. The molecule has 0 heterocycles. The lowest BCUT2D eigenvalue weighted by Gasteiger charge is -2.22. The average molecular weight is 619 g/mol. The monoisotopic (exact) mass is 618 g/mol. The van der Waals surface area contributed by atoms with Gasteiger partial charge in [-0.2, -0.15) is 0 Å². The Bertz CT molecular complexity index is 2140. The molecular formula is C44H34N4. The second kappa shape index (κ2) is 13.1. The molecule has 0 aliphatic rings. The summed E-state index contributed by atoms with van der Waals surface area (Å²) in [5.74, 6) is 0. The lowest BCUT2D eigenvalue weighted by atomic mass is 9.90. The van der Waals surface area contributed by atoms with Gasteiger partial charge in [0.25, 0.3) is 0 Å². The summed E-state index contributed by atoms with van der Waals surface area (Å²) in [6.45, 7) is 0. The first kappa shape index (κ1) is 28.9. The minimum absolute atomic E-state index is 1.02. The summed E-state index contributed by atoms with van der Waals surface area (Å²) in [5, 5.41) is 19.4. The highest BCUT2D eigenvalue weighted by Crippen LogP contribution is 2.46. The highest BCUT2D eigenvalue weighted by Gasteiger charge is 2.19. The van der Waals surface area contributed by atoms with E-state index in [1.165, 1.54) is 0 Å². The molecule has 0 fully saturated rings. The van der Waals surface area contributed by atoms with Gasteiger partial charge in [0.05, 0.1) is 0 Å². The number of para-hydroxylation sites is 4. The quantitative estimate of drug-likeness (QED) is 0.130. The highest BCUT2D eigenvalue weighted by molar-refractivity contribution is 6.15. The smallest absolute Gasteiger partial charge is 0.0471 e. The number of rotatable bonds is 9. The van der Waals surface area contributed by atoms with Crippen molar-refractivity contribution >= 4 is 67.0 Å². The van der Waals surface area contributed by atoms with E-state index in [1.54, 1.807) is 0 Å². The van der Waals surface area contributed by atoms with Gasteiger partial charge in [-0.15, -0.1) is 0 Å². The van der Waals surface area contributed by atoms with Gasteiger partial charge in [-0.3, -0.25) is 0 Å². The fraction of sp³-hybridized carbons (Fsp3) is 0. The summed E-state index contributed by atoms with van der Waals surface area (Å²) in [5.41, 5.74) is 10.5. The Morgan fingerprint density at radius 3 is 0.917 bits per heavy atom. The highest BCUT2D eigenvalue weighted by atomic mass is 14.9. The molecule has 0 spiro atoms. The summed E-state index contributed by atoms with van der Waals surface area (Å²) in [7, 11) is 0. The van der Waals surface area contributed by atoms with Crippen LogP contribution >= 0.6 is 0 Å². The van der Waals surface area contributed by atoms with Gasteiger partial charge in [-0.1, -0.05) is 97.1 Å². The molecule has 4 heteroatoms. The molecule has 0 saturated heterocycles. The molecule has 0 aliphatic heterocycles. The van der Waals surface area contributed by atoms with Crippen molar-refractivity contribution in [2.45, 2.75) is 0 Å².